The summed E-state index contributed by atoms with van der Waals surface area (Å²) in [7, 11) is 1.67. The Kier molecular flexibility index (Phi) is 5.16. The van der Waals surface area contributed by atoms with E-state index < -0.39 is 6.10 Å². The number of hydrogen-bond acceptors (Lipinski definition) is 3. The van der Waals surface area contributed by atoms with Gasteiger partial charge in [0.15, 0.2) is 0 Å². The molecule has 0 aliphatic rings. The summed E-state index contributed by atoms with van der Waals surface area (Å²) < 4.78 is 5.34. The first-order chi connectivity index (χ1) is 9.70. The fraction of sp³-hybridized carbons (Fsp3) is 0.294. The monoisotopic (exact) mass is 271 g/mol. The van der Waals surface area contributed by atoms with Crippen LogP contribution in [0.15, 0.2) is 48.5 Å². The smallest absolute Gasteiger partial charge is 0.123 e. The molecule has 3 nitrogen and oxygen atoms in total. The number of aliphatic hydroxyl groups is 1. The van der Waals surface area contributed by atoms with Crippen molar-refractivity contribution >= 4 is 0 Å². The van der Waals surface area contributed by atoms with E-state index in [9.17, 15) is 5.11 Å². The van der Waals surface area contributed by atoms with Crippen molar-refractivity contribution in [2.24, 2.45) is 0 Å². The van der Waals surface area contributed by atoms with Crippen LogP contribution in [-0.4, -0.2) is 18.8 Å². The van der Waals surface area contributed by atoms with E-state index in [4.69, 9.17) is 4.74 Å². The summed E-state index contributed by atoms with van der Waals surface area (Å²) in [6, 6.07) is 15.8. The van der Waals surface area contributed by atoms with Gasteiger partial charge in [-0.2, -0.15) is 0 Å². The first-order valence-corrected chi connectivity index (χ1v) is 6.78. The maximum absolute atomic E-state index is 10.1. The van der Waals surface area contributed by atoms with Crippen LogP contribution in [0.3, 0.4) is 0 Å². The van der Waals surface area contributed by atoms with Crippen LogP contribution in [-0.2, 0) is 6.54 Å². The molecule has 0 amide bonds. The zero-order valence-electron chi connectivity index (χ0n) is 12.0. The molecule has 2 N–H and O–H groups in total. The minimum atomic E-state index is -0.494. The minimum absolute atomic E-state index is 0.494. The van der Waals surface area contributed by atoms with Crippen molar-refractivity contribution in [2.45, 2.75) is 19.6 Å². The normalized spacial score (nSPS) is 12.2. The standard InChI is InChI=1S/C17H21NO2/c1-13-8-9-17(20-2)15(10-13)11-18-12-16(19)14-6-4-3-5-7-14/h3-10,16,18-19H,11-12H2,1-2H3. The average molecular weight is 271 g/mol. The van der Waals surface area contributed by atoms with Crippen LogP contribution < -0.4 is 10.1 Å². The molecule has 3 heteroatoms. The SMILES string of the molecule is COc1ccc(C)cc1CNCC(O)c1ccccc1. The molecule has 0 saturated carbocycles. The van der Waals surface area contributed by atoms with E-state index in [0.717, 1.165) is 16.9 Å². The molecular formula is C17H21NO2. The summed E-state index contributed by atoms with van der Waals surface area (Å²) in [5, 5.41) is 13.4. The molecule has 0 bridgehead atoms. The summed E-state index contributed by atoms with van der Waals surface area (Å²) in [6.45, 7) is 3.25. The first-order valence-electron chi connectivity index (χ1n) is 6.78. The molecule has 0 aliphatic carbocycles. The van der Waals surface area contributed by atoms with Crippen molar-refractivity contribution in [3.8, 4) is 5.75 Å². The number of methoxy groups -OCH3 is 1. The van der Waals surface area contributed by atoms with Crippen molar-refractivity contribution in [3.05, 3.63) is 65.2 Å². The van der Waals surface area contributed by atoms with Gasteiger partial charge < -0.3 is 15.2 Å². The molecule has 0 radical (unpaired) electrons. The van der Waals surface area contributed by atoms with Gasteiger partial charge in [-0.15, -0.1) is 0 Å². The third-order valence-electron chi connectivity index (χ3n) is 3.27. The van der Waals surface area contributed by atoms with Crippen molar-refractivity contribution in [1.82, 2.24) is 5.32 Å². The van der Waals surface area contributed by atoms with E-state index >= 15 is 0 Å². The van der Waals surface area contributed by atoms with E-state index in [1.165, 1.54) is 5.56 Å². The average Bonchev–Trinajstić information content (AvgIpc) is 2.48. The zero-order chi connectivity index (χ0) is 14.4. The zero-order valence-corrected chi connectivity index (χ0v) is 12.0. The van der Waals surface area contributed by atoms with Gasteiger partial charge >= 0.3 is 0 Å². The fourth-order valence-electron chi connectivity index (χ4n) is 2.18. The highest BCUT2D eigenvalue weighted by atomic mass is 16.5. The molecule has 0 spiro atoms. The Bertz CT molecular complexity index is 540. The number of benzene rings is 2. The van der Waals surface area contributed by atoms with E-state index in [-0.39, 0.29) is 0 Å². The van der Waals surface area contributed by atoms with E-state index in [1.807, 2.05) is 42.5 Å². The Labute approximate surface area is 120 Å². The van der Waals surface area contributed by atoms with Crippen LogP contribution in [0.4, 0.5) is 0 Å². The van der Waals surface area contributed by atoms with Crippen LogP contribution in [0.5, 0.6) is 5.75 Å². The van der Waals surface area contributed by atoms with Crippen LogP contribution in [0.25, 0.3) is 0 Å². The van der Waals surface area contributed by atoms with E-state index in [1.54, 1.807) is 7.11 Å². The maximum Gasteiger partial charge on any atom is 0.123 e. The van der Waals surface area contributed by atoms with Gasteiger partial charge in [0, 0.05) is 18.7 Å². The molecule has 2 rings (SSSR count). The van der Waals surface area contributed by atoms with Gasteiger partial charge in [-0.1, -0.05) is 48.0 Å². The molecule has 106 valence electrons. The Morgan fingerprint density at radius 2 is 1.90 bits per heavy atom. The lowest BCUT2D eigenvalue weighted by Crippen LogP contribution is -2.21. The van der Waals surface area contributed by atoms with Gasteiger partial charge in [-0.25, -0.2) is 0 Å². The summed E-state index contributed by atoms with van der Waals surface area (Å²) in [5.41, 5.74) is 3.23. The van der Waals surface area contributed by atoms with Gasteiger partial charge in [0.05, 0.1) is 13.2 Å². The third-order valence-corrected chi connectivity index (χ3v) is 3.27. The topological polar surface area (TPSA) is 41.5 Å². The Hall–Kier alpha value is -1.84. The maximum atomic E-state index is 10.1. The molecule has 0 heterocycles. The highest BCUT2D eigenvalue weighted by molar-refractivity contribution is 5.36. The summed E-state index contributed by atoms with van der Waals surface area (Å²) >= 11 is 0. The molecular weight excluding hydrogens is 250 g/mol. The molecule has 0 saturated heterocycles. The second kappa shape index (κ2) is 7.08. The molecule has 0 aromatic heterocycles. The minimum Gasteiger partial charge on any atom is -0.496 e. The van der Waals surface area contributed by atoms with Gasteiger partial charge in [-0.05, 0) is 18.6 Å². The summed E-state index contributed by atoms with van der Waals surface area (Å²) in [4.78, 5) is 0. The fourth-order valence-corrected chi connectivity index (χ4v) is 2.18. The molecule has 2 aromatic carbocycles. The largest absolute Gasteiger partial charge is 0.496 e. The summed E-state index contributed by atoms with van der Waals surface area (Å²) in [6.07, 6.45) is -0.494. The van der Waals surface area contributed by atoms with Crippen molar-refractivity contribution < 1.29 is 9.84 Å². The first kappa shape index (κ1) is 14.6. The Balaban J connectivity index is 1.91. The highest BCUT2D eigenvalue weighted by Crippen LogP contribution is 2.19. The molecule has 1 unspecified atom stereocenters. The predicted molar refractivity (Wildman–Crippen MR) is 80.8 cm³/mol. The van der Waals surface area contributed by atoms with E-state index in [2.05, 4.69) is 18.3 Å². The number of hydrogen-bond donors (Lipinski definition) is 2. The summed E-state index contributed by atoms with van der Waals surface area (Å²) in [5.74, 6) is 0.873. The van der Waals surface area contributed by atoms with E-state index in [0.29, 0.717) is 13.1 Å². The van der Waals surface area contributed by atoms with Crippen molar-refractivity contribution in [2.75, 3.05) is 13.7 Å². The highest BCUT2D eigenvalue weighted by Gasteiger charge is 2.07. The van der Waals surface area contributed by atoms with Gasteiger partial charge in [0.1, 0.15) is 5.75 Å². The number of aliphatic hydroxyl groups excluding tert-OH is 1. The third kappa shape index (κ3) is 3.83. The number of aryl methyl sites for hydroxylation is 1. The molecule has 2 aromatic rings. The number of nitrogens with one attached hydrogen (secondary N) is 1. The number of ether oxygens (including phenoxy) is 1. The molecule has 20 heavy (non-hydrogen) atoms. The van der Waals surface area contributed by atoms with Gasteiger partial charge in [0.2, 0.25) is 0 Å². The van der Waals surface area contributed by atoms with Crippen molar-refractivity contribution in [1.29, 1.82) is 0 Å². The Morgan fingerprint density at radius 1 is 1.15 bits per heavy atom. The Morgan fingerprint density at radius 3 is 2.60 bits per heavy atom. The van der Waals surface area contributed by atoms with Crippen LogP contribution in [0.1, 0.15) is 22.8 Å². The van der Waals surface area contributed by atoms with Gasteiger partial charge in [0.25, 0.3) is 0 Å². The second-order valence-corrected chi connectivity index (χ2v) is 4.87. The lowest BCUT2D eigenvalue weighted by Gasteiger charge is -2.14. The van der Waals surface area contributed by atoms with Crippen LogP contribution in [0.2, 0.25) is 0 Å². The quantitative estimate of drug-likeness (QED) is 0.849. The van der Waals surface area contributed by atoms with Gasteiger partial charge in [-0.3, -0.25) is 0 Å². The van der Waals surface area contributed by atoms with Crippen LogP contribution in [0, 0.1) is 6.92 Å². The van der Waals surface area contributed by atoms with Crippen LogP contribution >= 0.6 is 0 Å². The number of rotatable bonds is 6. The lowest BCUT2D eigenvalue weighted by molar-refractivity contribution is 0.174. The molecule has 0 aliphatic heterocycles. The lowest BCUT2D eigenvalue weighted by atomic mass is 10.1. The molecule has 0 fully saturated rings. The van der Waals surface area contributed by atoms with Crippen molar-refractivity contribution in [3.63, 3.8) is 0 Å². The predicted octanol–water partition coefficient (Wildman–Crippen LogP) is 2.83. The second-order valence-electron chi connectivity index (χ2n) is 4.87. The molecule has 1 atom stereocenters.